The maximum absolute atomic E-state index is 12.5. The lowest BCUT2D eigenvalue weighted by Gasteiger charge is -2.15. The molecule has 3 N–H and O–H groups in total. The first-order chi connectivity index (χ1) is 11.6. The molecule has 1 aromatic carbocycles. The van der Waals surface area contributed by atoms with E-state index in [1.54, 1.807) is 12.1 Å². The van der Waals surface area contributed by atoms with E-state index in [2.05, 4.69) is 10.6 Å². The summed E-state index contributed by atoms with van der Waals surface area (Å²) in [4.78, 5) is 37.8. The number of aliphatic hydroxyl groups is 1. The Bertz CT molecular complexity index is 756. The first-order valence-corrected chi connectivity index (χ1v) is 7.45. The summed E-state index contributed by atoms with van der Waals surface area (Å²) < 4.78 is 4.73. The van der Waals surface area contributed by atoms with E-state index in [0.29, 0.717) is 17.8 Å². The number of amides is 2. The number of carbonyl (C=O) groups is 3. The van der Waals surface area contributed by atoms with Crippen LogP contribution in [0.15, 0.2) is 29.5 Å². The molecule has 0 fully saturated rings. The summed E-state index contributed by atoms with van der Waals surface area (Å²) in [6, 6.07) is 5.26. The molecule has 8 nitrogen and oxygen atoms in total. The second-order valence-electron chi connectivity index (χ2n) is 5.44. The Morgan fingerprint density at radius 3 is 2.92 bits per heavy atom. The third kappa shape index (κ3) is 2.61. The minimum absolute atomic E-state index is 0.0512. The second-order valence-corrected chi connectivity index (χ2v) is 5.44. The van der Waals surface area contributed by atoms with Gasteiger partial charge >= 0.3 is 5.97 Å². The summed E-state index contributed by atoms with van der Waals surface area (Å²) in [7, 11) is 1.24. The molecular formula is C16H17N3O5. The Balaban J connectivity index is 1.98. The summed E-state index contributed by atoms with van der Waals surface area (Å²) >= 11 is 0. The van der Waals surface area contributed by atoms with Gasteiger partial charge in [0, 0.05) is 13.1 Å². The van der Waals surface area contributed by atoms with Crippen molar-refractivity contribution in [3.05, 3.63) is 40.6 Å². The van der Waals surface area contributed by atoms with Crippen molar-refractivity contribution < 1.29 is 24.2 Å². The van der Waals surface area contributed by atoms with E-state index in [-0.39, 0.29) is 36.9 Å². The predicted molar refractivity (Wildman–Crippen MR) is 83.9 cm³/mol. The minimum Gasteiger partial charge on any atom is -0.466 e. The molecule has 0 atom stereocenters. The molecule has 126 valence electrons. The quantitative estimate of drug-likeness (QED) is 0.634. The van der Waals surface area contributed by atoms with Gasteiger partial charge in [-0.1, -0.05) is 12.1 Å². The van der Waals surface area contributed by atoms with Gasteiger partial charge in [-0.05, 0) is 11.6 Å². The summed E-state index contributed by atoms with van der Waals surface area (Å²) in [6.07, 6.45) is 0. The summed E-state index contributed by atoms with van der Waals surface area (Å²) in [5.74, 6) is -1.27. The Morgan fingerprint density at radius 2 is 2.21 bits per heavy atom. The molecule has 0 saturated carbocycles. The van der Waals surface area contributed by atoms with Gasteiger partial charge in [0.25, 0.3) is 11.8 Å². The zero-order valence-corrected chi connectivity index (χ0v) is 13.1. The number of carbonyl (C=O) groups excluding carboxylic acids is 3. The van der Waals surface area contributed by atoms with Crippen molar-refractivity contribution in [1.82, 2.24) is 10.2 Å². The lowest BCUT2D eigenvalue weighted by molar-refractivity contribution is -0.136. The Kier molecular flexibility index (Phi) is 4.22. The molecule has 2 amide bonds. The number of benzene rings is 1. The van der Waals surface area contributed by atoms with E-state index in [9.17, 15) is 14.4 Å². The molecular weight excluding hydrogens is 314 g/mol. The van der Waals surface area contributed by atoms with Crippen LogP contribution in [0.1, 0.15) is 15.9 Å². The van der Waals surface area contributed by atoms with E-state index in [4.69, 9.17) is 9.84 Å². The van der Waals surface area contributed by atoms with Gasteiger partial charge < -0.3 is 25.4 Å². The Hall–Kier alpha value is -2.87. The van der Waals surface area contributed by atoms with Crippen LogP contribution in [0.2, 0.25) is 0 Å². The van der Waals surface area contributed by atoms with Gasteiger partial charge in [-0.25, -0.2) is 4.79 Å². The van der Waals surface area contributed by atoms with Crippen molar-refractivity contribution in [3.8, 4) is 0 Å². The molecule has 0 aromatic heterocycles. The number of anilines is 1. The summed E-state index contributed by atoms with van der Waals surface area (Å²) in [5.41, 5.74) is 1.99. The van der Waals surface area contributed by atoms with Crippen LogP contribution in [-0.4, -0.2) is 54.6 Å². The number of rotatable bonds is 5. The van der Waals surface area contributed by atoms with Gasteiger partial charge in [-0.15, -0.1) is 0 Å². The minimum atomic E-state index is -0.622. The molecule has 0 radical (unpaired) electrons. The van der Waals surface area contributed by atoms with Crippen LogP contribution in [0.5, 0.6) is 0 Å². The maximum Gasteiger partial charge on any atom is 0.337 e. The van der Waals surface area contributed by atoms with Gasteiger partial charge in [0.1, 0.15) is 5.70 Å². The van der Waals surface area contributed by atoms with Crippen LogP contribution in [0.25, 0.3) is 0 Å². The van der Waals surface area contributed by atoms with E-state index in [1.807, 2.05) is 6.07 Å². The average Bonchev–Trinajstić information content (AvgIpc) is 3.11. The lowest BCUT2D eigenvalue weighted by atomic mass is 10.1. The lowest BCUT2D eigenvalue weighted by Crippen LogP contribution is -2.31. The highest BCUT2D eigenvalue weighted by molar-refractivity contribution is 6.10. The monoisotopic (exact) mass is 331 g/mol. The molecule has 0 spiro atoms. The molecule has 2 aliphatic rings. The molecule has 24 heavy (non-hydrogen) atoms. The fraction of sp³-hybridized carbons (Fsp3) is 0.312. The SMILES string of the molecule is COC(=O)C1=C(Nc2cccc3c2C(=O)NC3)C(=O)N(CCO)C1. The normalized spacial score (nSPS) is 16.3. The van der Waals surface area contributed by atoms with Crippen molar-refractivity contribution in [2.45, 2.75) is 6.54 Å². The van der Waals surface area contributed by atoms with E-state index < -0.39 is 11.9 Å². The van der Waals surface area contributed by atoms with E-state index in [1.165, 1.54) is 12.0 Å². The number of methoxy groups -OCH3 is 1. The number of aliphatic hydroxyl groups excluding tert-OH is 1. The molecule has 0 aliphatic carbocycles. The highest BCUT2D eigenvalue weighted by atomic mass is 16.5. The number of nitrogens with one attached hydrogen (secondary N) is 2. The number of nitrogens with zero attached hydrogens (tertiary/aromatic N) is 1. The number of fused-ring (bicyclic) bond motifs is 1. The standard InChI is InChI=1S/C16H17N3O5/c1-24-16(23)10-8-19(5-6-20)15(22)13(10)18-11-4-2-3-9-7-17-14(21)12(9)11/h2-4,18,20H,5-8H2,1H3,(H,17,21). The van der Waals surface area contributed by atoms with Crippen LogP contribution < -0.4 is 10.6 Å². The van der Waals surface area contributed by atoms with E-state index >= 15 is 0 Å². The zero-order valence-electron chi connectivity index (χ0n) is 13.1. The predicted octanol–water partition coefficient (Wildman–Crippen LogP) is -0.397. The molecule has 2 aliphatic heterocycles. The van der Waals surface area contributed by atoms with Crippen LogP contribution in [0.4, 0.5) is 5.69 Å². The van der Waals surface area contributed by atoms with Crippen LogP contribution in [0, 0.1) is 0 Å². The first kappa shape index (κ1) is 16.0. The van der Waals surface area contributed by atoms with Gasteiger partial charge in [-0.3, -0.25) is 9.59 Å². The van der Waals surface area contributed by atoms with Crippen molar-refractivity contribution in [2.24, 2.45) is 0 Å². The van der Waals surface area contributed by atoms with Crippen molar-refractivity contribution in [2.75, 3.05) is 32.1 Å². The molecule has 0 saturated heterocycles. The fourth-order valence-corrected chi connectivity index (χ4v) is 2.87. The van der Waals surface area contributed by atoms with Crippen molar-refractivity contribution in [1.29, 1.82) is 0 Å². The molecule has 3 rings (SSSR count). The first-order valence-electron chi connectivity index (χ1n) is 7.45. The largest absolute Gasteiger partial charge is 0.466 e. The van der Waals surface area contributed by atoms with Crippen LogP contribution >= 0.6 is 0 Å². The van der Waals surface area contributed by atoms with Crippen molar-refractivity contribution in [3.63, 3.8) is 0 Å². The summed E-state index contributed by atoms with van der Waals surface area (Å²) in [6.45, 7) is 0.376. The van der Waals surface area contributed by atoms with Gasteiger partial charge in [-0.2, -0.15) is 0 Å². The number of ether oxygens (including phenoxy) is 1. The number of hydrogen-bond acceptors (Lipinski definition) is 6. The molecule has 1 aromatic rings. The smallest absolute Gasteiger partial charge is 0.337 e. The van der Waals surface area contributed by atoms with Gasteiger partial charge in [0.15, 0.2) is 0 Å². The Labute approximate surface area is 138 Å². The van der Waals surface area contributed by atoms with Crippen LogP contribution in [0.3, 0.4) is 0 Å². The molecule has 8 heteroatoms. The number of esters is 1. The number of hydrogen-bond donors (Lipinski definition) is 3. The van der Waals surface area contributed by atoms with Crippen LogP contribution in [-0.2, 0) is 20.9 Å². The van der Waals surface area contributed by atoms with Gasteiger partial charge in [0.2, 0.25) is 0 Å². The second kappa shape index (κ2) is 6.32. The topological polar surface area (TPSA) is 108 Å². The van der Waals surface area contributed by atoms with Gasteiger partial charge in [0.05, 0.1) is 37.1 Å². The molecule has 2 heterocycles. The fourth-order valence-electron chi connectivity index (χ4n) is 2.87. The highest BCUT2D eigenvalue weighted by Gasteiger charge is 2.35. The Morgan fingerprint density at radius 1 is 1.42 bits per heavy atom. The highest BCUT2D eigenvalue weighted by Crippen LogP contribution is 2.28. The maximum atomic E-state index is 12.5. The molecule has 0 unspecified atom stereocenters. The summed E-state index contributed by atoms with van der Waals surface area (Å²) in [5, 5.41) is 14.7. The number of β-amino-alcohol motifs (C(OH)–C–C–N with tert-alkyl or cyclic N) is 1. The van der Waals surface area contributed by atoms with Crippen molar-refractivity contribution >= 4 is 23.5 Å². The third-order valence-electron chi connectivity index (χ3n) is 4.03. The third-order valence-corrected chi connectivity index (χ3v) is 4.03. The van der Waals surface area contributed by atoms with E-state index in [0.717, 1.165) is 5.56 Å². The molecule has 0 bridgehead atoms. The zero-order chi connectivity index (χ0) is 17.3. The average molecular weight is 331 g/mol.